The van der Waals surface area contributed by atoms with Crippen LogP contribution in [0.2, 0.25) is 0 Å². The van der Waals surface area contributed by atoms with Crippen LogP contribution in [0.1, 0.15) is 233 Å². The van der Waals surface area contributed by atoms with Crippen molar-refractivity contribution in [3.05, 3.63) is 60.8 Å². The summed E-state index contributed by atoms with van der Waals surface area (Å²) in [5.74, 6) is -1.21. The molecule has 0 radical (unpaired) electrons. The van der Waals surface area contributed by atoms with Gasteiger partial charge in [0.1, 0.15) is 24.4 Å². The van der Waals surface area contributed by atoms with Gasteiger partial charge in [0.2, 0.25) is 5.91 Å². The van der Waals surface area contributed by atoms with E-state index in [2.05, 4.69) is 68.6 Å². The van der Waals surface area contributed by atoms with Gasteiger partial charge in [0.05, 0.1) is 25.4 Å². The van der Waals surface area contributed by atoms with Gasteiger partial charge in [-0.25, -0.2) is 0 Å². The number of hydrogen-bond donors (Lipinski definition) is 6. The van der Waals surface area contributed by atoms with Crippen molar-refractivity contribution >= 4 is 11.9 Å². The lowest BCUT2D eigenvalue weighted by Gasteiger charge is -2.41. The normalized spacial score (nSPS) is 20.3. The van der Waals surface area contributed by atoms with E-state index in [1.54, 1.807) is 6.08 Å². The number of rotatable bonds is 46. The van der Waals surface area contributed by atoms with Gasteiger partial charge in [0, 0.05) is 6.42 Å². The highest BCUT2D eigenvalue weighted by Crippen LogP contribution is 2.26. The van der Waals surface area contributed by atoms with E-state index in [0.717, 1.165) is 103 Å². The molecular formula is C58H103NO10. The van der Waals surface area contributed by atoms with Crippen LogP contribution < -0.4 is 5.32 Å². The summed E-state index contributed by atoms with van der Waals surface area (Å²) in [6.45, 7) is 5.61. The summed E-state index contributed by atoms with van der Waals surface area (Å²) in [4.78, 5) is 26.4. The van der Waals surface area contributed by atoms with Crippen LogP contribution in [0.4, 0.5) is 0 Å². The predicted molar refractivity (Wildman–Crippen MR) is 283 cm³/mol. The lowest BCUT2D eigenvalue weighted by Crippen LogP contribution is -2.61. The van der Waals surface area contributed by atoms with Crippen LogP contribution in [-0.4, -0.2) is 99.6 Å². The maximum absolute atomic E-state index is 13.3. The Morgan fingerprint density at radius 2 is 1.06 bits per heavy atom. The summed E-state index contributed by atoms with van der Waals surface area (Å²) >= 11 is 0. The van der Waals surface area contributed by atoms with Crippen molar-refractivity contribution in [1.82, 2.24) is 5.32 Å². The molecular weight excluding hydrogens is 871 g/mol. The molecule has 1 heterocycles. The summed E-state index contributed by atoms with van der Waals surface area (Å²) in [6.07, 6.45) is 45.5. The fourth-order valence-corrected chi connectivity index (χ4v) is 8.47. The van der Waals surface area contributed by atoms with Crippen LogP contribution in [0.3, 0.4) is 0 Å². The van der Waals surface area contributed by atoms with E-state index in [0.29, 0.717) is 12.8 Å². The maximum atomic E-state index is 13.3. The Labute approximate surface area is 420 Å². The second kappa shape index (κ2) is 46.4. The van der Waals surface area contributed by atoms with Gasteiger partial charge in [-0.1, -0.05) is 216 Å². The van der Waals surface area contributed by atoms with E-state index in [1.807, 2.05) is 12.2 Å². The molecule has 0 aromatic rings. The molecule has 8 unspecified atom stereocenters. The van der Waals surface area contributed by atoms with Crippen molar-refractivity contribution in [3.8, 4) is 0 Å². The zero-order valence-electron chi connectivity index (χ0n) is 43.9. The van der Waals surface area contributed by atoms with Crippen molar-refractivity contribution in [1.29, 1.82) is 0 Å². The van der Waals surface area contributed by atoms with Gasteiger partial charge in [0.15, 0.2) is 12.4 Å². The quantitative estimate of drug-likeness (QED) is 0.0149. The van der Waals surface area contributed by atoms with Crippen molar-refractivity contribution in [2.45, 2.75) is 282 Å². The third-order valence-corrected chi connectivity index (χ3v) is 13.0. The molecule has 0 aromatic carbocycles. The zero-order valence-corrected chi connectivity index (χ0v) is 43.9. The third-order valence-electron chi connectivity index (χ3n) is 13.0. The molecule has 8 atom stereocenters. The molecule has 0 aromatic heterocycles. The molecule has 400 valence electrons. The maximum Gasteiger partial charge on any atom is 0.306 e. The number of carbonyl (C=O) groups is 2. The van der Waals surface area contributed by atoms with Crippen molar-refractivity contribution in [2.75, 3.05) is 13.2 Å². The number of unbranched alkanes of at least 4 members (excludes halogenated alkanes) is 26. The SMILES string of the molecule is CC/C=C/C=C/C=C/CCCCCCCCCC(=O)OC1C(OCC(NC(=O)C(O)CCCCCCCC/C=C\CCCCCC)C(O)/C=C/CCCCCCCCCCC)OC(CO)C(O)C1O. The van der Waals surface area contributed by atoms with Crippen LogP contribution in [0.15, 0.2) is 60.8 Å². The van der Waals surface area contributed by atoms with Gasteiger partial charge in [-0.3, -0.25) is 9.59 Å². The summed E-state index contributed by atoms with van der Waals surface area (Å²) in [5.41, 5.74) is 0. The smallest absolute Gasteiger partial charge is 0.306 e. The number of amides is 1. The van der Waals surface area contributed by atoms with Gasteiger partial charge in [-0.05, 0) is 70.6 Å². The fraction of sp³-hybridized carbons (Fsp3) is 0.793. The highest BCUT2D eigenvalue weighted by Gasteiger charge is 2.47. The molecule has 11 nitrogen and oxygen atoms in total. The van der Waals surface area contributed by atoms with E-state index < -0.39 is 67.4 Å². The Morgan fingerprint density at radius 1 is 0.580 bits per heavy atom. The van der Waals surface area contributed by atoms with Gasteiger partial charge in [-0.15, -0.1) is 0 Å². The van der Waals surface area contributed by atoms with Crippen molar-refractivity contribution in [3.63, 3.8) is 0 Å². The average molecular weight is 974 g/mol. The van der Waals surface area contributed by atoms with Crippen LogP contribution in [-0.2, 0) is 23.8 Å². The number of nitrogens with one attached hydrogen (secondary N) is 1. The highest BCUT2D eigenvalue weighted by atomic mass is 16.7. The number of esters is 1. The van der Waals surface area contributed by atoms with E-state index in [1.165, 1.54) is 83.5 Å². The van der Waals surface area contributed by atoms with Crippen LogP contribution in [0, 0.1) is 0 Å². The Kier molecular flexibility index (Phi) is 43.3. The van der Waals surface area contributed by atoms with Gasteiger partial charge >= 0.3 is 5.97 Å². The zero-order chi connectivity index (χ0) is 50.4. The highest BCUT2D eigenvalue weighted by molar-refractivity contribution is 5.80. The summed E-state index contributed by atoms with van der Waals surface area (Å²) in [5, 5.41) is 56.7. The van der Waals surface area contributed by atoms with E-state index in [-0.39, 0.29) is 19.4 Å². The molecule has 1 aliphatic heterocycles. The number of aliphatic hydroxyl groups excluding tert-OH is 5. The molecule has 1 saturated heterocycles. The minimum atomic E-state index is -1.62. The molecule has 1 aliphatic rings. The Balaban J connectivity index is 2.74. The van der Waals surface area contributed by atoms with Crippen LogP contribution in [0.5, 0.6) is 0 Å². The van der Waals surface area contributed by atoms with Gasteiger partial charge in [0.25, 0.3) is 0 Å². The summed E-state index contributed by atoms with van der Waals surface area (Å²) in [6, 6.07) is -1.03. The largest absolute Gasteiger partial charge is 0.454 e. The summed E-state index contributed by atoms with van der Waals surface area (Å²) < 4.78 is 17.5. The van der Waals surface area contributed by atoms with Crippen LogP contribution in [0.25, 0.3) is 0 Å². The number of allylic oxidation sites excluding steroid dienone is 9. The first-order valence-electron chi connectivity index (χ1n) is 28.1. The minimum Gasteiger partial charge on any atom is -0.454 e. The predicted octanol–water partition coefficient (Wildman–Crippen LogP) is 12.3. The lowest BCUT2D eigenvalue weighted by atomic mass is 9.99. The monoisotopic (exact) mass is 974 g/mol. The third kappa shape index (κ3) is 35.2. The molecule has 0 bridgehead atoms. The molecule has 0 spiro atoms. The number of carbonyl (C=O) groups excluding carboxylic acids is 2. The van der Waals surface area contributed by atoms with E-state index >= 15 is 0 Å². The topological polar surface area (TPSA) is 175 Å². The molecule has 1 rings (SSSR count). The molecule has 6 N–H and O–H groups in total. The molecule has 69 heavy (non-hydrogen) atoms. The molecule has 1 fully saturated rings. The lowest BCUT2D eigenvalue weighted by molar-refractivity contribution is -0.305. The molecule has 0 saturated carbocycles. The van der Waals surface area contributed by atoms with Gasteiger partial charge < -0.3 is 45.1 Å². The van der Waals surface area contributed by atoms with Crippen molar-refractivity contribution in [2.24, 2.45) is 0 Å². The van der Waals surface area contributed by atoms with Crippen LogP contribution >= 0.6 is 0 Å². The Morgan fingerprint density at radius 3 is 1.61 bits per heavy atom. The van der Waals surface area contributed by atoms with Crippen molar-refractivity contribution < 1.29 is 49.3 Å². The standard InChI is InChI=1S/C58H103NO10/c1-4-7-10-13-16-19-22-24-26-28-31-34-37-40-43-46-53(63)69-56-55(65)54(64)52(47-60)68-58(56)67-48-49(50(61)44-41-38-35-32-29-21-18-15-12-9-6-3)59-57(66)51(62)45-42-39-36-33-30-27-25-23-20-17-14-11-8-5-2/h7,10,13,16,19-20,22-23,41,44,49-52,54-56,58,60-62,64-65H,4-6,8-9,11-12,14-15,17-18,21,24-40,42-43,45-48H2,1-3H3,(H,59,66)/b10-7+,16-13+,22-19+,23-20-,44-41+. The Bertz CT molecular complexity index is 1350. The second-order valence-corrected chi connectivity index (χ2v) is 19.3. The first kappa shape index (κ1) is 64.4. The fourth-order valence-electron chi connectivity index (χ4n) is 8.47. The molecule has 0 aliphatic carbocycles. The molecule has 1 amide bonds. The first-order chi connectivity index (χ1) is 33.7. The Hall–Kier alpha value is -2.64. The van der Waals surface area contributed by atoms with E-state index in [9.17, 15) is 35.1 Å². The van der Waals surface area contributed by atoms with Gasteiger partial charge in [-0.2, -0.15) is 0 Å². The number of hydrogen-bond acceptors (Lipinski definition) is 10. The number of ether oxygens (including phenoxy) is 3. The van der Waals surface area contributed by atoms with E-state index in [4.69, 9.17) is 14.2 Å². The number of aliphatic hydroxyl groups is 5. The first-order valence-corrected chi connectivity index (χ1v) is 28.1. The second-order valence-electron chi connectivity index (χ2n) is 19.3. The summed E-state index contributed by atoms with van der Waals surface area (Å²) in [7, 11) is 0. The minimum absolute atomic E-state index is 0.108. The molecule has 11 heteroatoms. The average Bonchev–Trinajstić information content (AvgIpc) is 3.34.